The van der Waals surface area contributed by atoms with Gasteiger partial charge in [0.2, 0.25) is 0 Å². The minimum Gasteiger partial charge on any atom is -0.373 e. The molecule has 0 amide bonds. The van der Waals surface area contributed by atoms with Gasteiger partial charge in [-0.05, 0) is 38.3 Å². The van der Waals surface area contributed by atoms with E-state index in [-0.39, 0.29) is 0 Å². The first kappa shape index (κ1) is 16.8. The van der Waals surface area contributed by atoms with Crippen LogP contribution >= 0.6 is 11.8 Å². The lowest BCUT2D eigenvalue weighted by atomic mass is 10.3. The number of carbonyl (C=O) groups is 1. The fraction of sp³-hybridized carbons (Fsp3) is 0.500. The van der Waals surface area contributed by atoms with Crippen molar-refractivity contribution in [2.75, 3.05) is 18.1 Å². The van der Waals surface area contributed by atoms with Crippen LogP contribution in [0.2, 0.25) is 0 Å². The van der Waals surface area contributed by atoms with Crippen LogP contribution < -0.4 is 5.32 Å². The zero-order valence-electron chi connectivity index (χ0n) is 12.6. The molecular weight excluding hydrogens is 268 g/mol. The maximum atomic E-state index is 10.1. The van der Waals surface area contributed by atoms with Crippen LogP contribution in [0.3, 0.4) is 0 Å². The summed E-state index contributed by atoms with van der Waals surface area (Å²) in [6.07, 6.45) is 7.03. The molecule has 4 heteroatoms. The van der Waals surface area contributed by atoms with Crippen LogP contribution in [-0.2, 0) is 4.79 Å². The zero-order chi connectivity index (χ0) is 14.8. The molecule has 0 spiro atoms. The van der Waals surface area contributed by atoms with Crippen LogP contribution in [0.15, 0.2) is 29.8 Å². The Morgan fingerprint density at radius 3 is 2.65 bits per heavy atom. The van der Waals surface area contributed by atoms with Crippen molar-refractivity contribution in [1.29, 1.82) is 0 Å². The highest BCUT2D eigenvalue weighted by Crippen LogP contribution is 2.30. The third-order valence-electron chi connectivity index (χ3n) is 2.89. The molecule has 1 aromatic heterocycles. The number of pyridine rings is 1. The second kappa shape index (κ2) is 9.59. The Labute approximate surface area is 126 Å². The Morgan fingerprint density at radius 1 is 1.45 bits per heavy atom. The maximum Gasteiger partial charge on any atom is 0.129 e. The SMILES string of the molecule is CCC(C=C1CC1)SCC=O.CNc1cccc(C)n1. The van der Waals surface area contributed by atoms with E-state index in [2.05, 4.69) is 23.3 Å². The highest BCUT2D eigenvalue weighted by atomic mass is 32.2. The minimum absolute atomic E-state index is 0.581. The molecular formula is C16H24N2OS. The molecule has 1 aliphatic rings. The van der Waals surface area contributed by atoms with Crippen LogP contribution in [-0.4, -0.2) is 29.3 Å². The van der Waals surface area contributed by atoms with Gasteiger partial charge in [-0.2, -0.15) is 0 Å². The fourth-order valence-corrected chi connectivity index (χ4v) is 2.48. The number of anilines is 1. The Kier molecular flexibility index (Phi) is 8.04. The molecule has 0 aliphatic heterocycles. The third-order valence-corrected chi connectivity index (χ3v) is 4.11. The number of allylic oxidation sites excluding steroid dienone is 1. The number of aldehydes is 1. The average Bonchev–Trinajstić information content (AvgIpc) is 3.28. The molecule has 1 fully saturated rings. The quantitative estimate of drug-likeness (QED) is 0.639. The largest absolute Gasteiger partial charge is 0.373 e. The van der Waals surface area contributed by atoms with Crippen molar-refractivity contribution in [2.24, 2.45) is 0 Å². The predicted octanol–water partition coefficient (Wildman–Crippen LogP) is 3.85. The smallest absolute Gasteiger partial charge is 0.129 e. The van der Waals surface area contributed by atoms with Gasteiger partial charge in [-0.25, -0.2) is 4.98 Å². The molecule has 0 radical (unpaired) electrons. The summed E-state index contributed by atoms with van der Waals surface area (Å²) >= 11 is 1.75. The molecule has 1 saturated carbocycles. The number of nitrogens with one attached hydrogen (secondary N) is 1. The summed E-state index contributed by atoms with van der Waals surface area (Å²) in [4.78, 5) is 14.3. The lowest BCUT2D eigenvalue weighted by molar-refractivity contribution is -0.105. The number of aromatic nitrogens is 1. The molecule has 0 bridgehead atoms. The van der Waals surface area contributed by atoms with Gasteiger partial charge in [0.25, 0.3) is 0 Å². The van der Waals surface area contributed by atoms with Crippen LogP contribution in [0.5, 0.6) is 0 Å². The van der Waals surface area contributed by atoms with Gasteiger partial charge in [-0.3, -0.25) is 0 Å². The summed E-state index contributed by atoms with van der Waals surface area (Å²) in [6.45, 7) is 4.14. The van der Waals surface area contributed by atoms with Crippen molar-refractivity contribution in [3.63, 3.8) is 0 Å². The second-order valence-corrected chi connectivity index (χ2v) is 5.96. The van der Waals surface area contributed by atoms with E-state index in [0.717, 1.165) is 24.2 Å². The molecule has 1 heterocycles. The fourth-order valence-electron chi connectivity index (χ4n) is 1.63. The van der Waals surface area contributed by atoms with Crippen molar-refractivity contribution >= 4 is 23.9 Å². The number of hydrogen-bond acceptors (Lipinski definition) is 4. The predicted molar refractivity (Wildman–Crippen MR) is 88.4 cm³/mol. The van der Waals surface area contributed by atoms with Crippen molar-refractivity contribution < 1.29 is 4.79 Å². The molecule has 1 N–H and O–H groups in total. The Morgan fingerprint density at radius 2 is 2.20 bits per heavy atom. The van der Waals surface area contributed by atoms with Gasteiger partial charge in [0.05, 0.1) is 0 Å². The van der Waals surface area contributed by atoms with Gasteiger partial charge in [-0.1, -0.05) is 24.6 Å². The van der Waals surface area contributed by atoms with Crippen molar-refractivity contribution in [2.45, 2.75) is 38.4 Å². The van der Waals surface area contributed by atoms with Gasteiger partial charge in [0.15, 0.2) is 0 Å². The molecule has 3 nitrogen and oxygen atoms in total. The number of hydrogen-bond donors (Lipinski definition) is 1. The van der Waals surface area contributed by atoms with Crippen LogP contribution in [0.25, 0.3) is 0 Å². The highest BCUT2D eigenvalue weighted by molar-refractivity contribution is 8.00. The molecule has 0 aromatic carbocycles. The van der Waals surface area contributed by atoms with E-state index < -0.39 is 0 Å². The second-order valence-electron chi connectivity index (χ2n) is 4.69. The lowest BCUT2D eigenvalue weighted by Gasteiger charge is -2.05. The molecule has 1 aliphatic carbocycles. The summed E-state index contributed by atoms with van der Waals surface area (Å²) in [6, 6.07) is 5.89. The van der Waals surface area contributed by atoms with E-state index >= 15 is 0 Å². The van der Waals surface area contributed by atoms with E-state index in [1.807, 2.05) is 32.2 Å². The van der Waals surface area contributed by atoms with Crippen molar-refractivity contribution in [3.05, 3.63) is 35.5 Å². The van der Waals surface area contributed by atoms with Gasteiger partial charge in [0, 0.05) is 23.7 Å². The van der Waals surface area contributed by atoms with E-state index in [9.17, 15) is 4.79 Å². The van der Waals surface area contributed by atoms with E-state index in [1.165, 1.54) is 12.8 Å². The first-order valence-electron chi connectivity index (χ1n) is 7.05. The Balaban J connectivity index is 0.000000204. The summed E-state index contributed by atoms with van der Waals surface area (Å²) in [5.74, 6) is 1.57. The van der Waals surface area contributed by atoms with E-state index in [0.29, 0.717) is 11.0 Å². The topological polar surface area (TPSA) is 42.0 Å². The molecule has 0 saturated heterocycles. The highest BCUT2D eigenvalue weighted by Gasteiger charge is 2.13. The molecule has 20 heavy (non-hydrogen) atoms. The average molecular weight is 292 g/mol. The van der Waals surface area contributed by atoms with Gasteiger partial charge < -0.3 is 10.1 Å². The number of thioether (sulfide) groups is 1. The molecule has 1 unspecified atom stereocenters. The number of aryl methyl sites for hydroxylation is 1. The third kappa shape index (κ3) is 7.34. The maximum absolute atomic E-state index is 10.1. The first-order valence-corrected chi connectivity index (χ1v) is 8.10. The van der Waals surface area contributed by atoms with Gasteiger partial charge in [0.1, 0.15) is 12.1 Å². The normalized spacial score (nSPS) is 13.8. The lowest BCUT2D eigenvalue weighted by Crippen LogP contribution is -1.97. The van der Waals surface area contributed by atoms with Crippen molar-refractivity contribution in [3.8, 4) is 0 Å². The summed E-state index contributed by atoms with van der Waals surface area (Å²) in [5.41, 5.74) is 2.62. The number of rotatable bonds is 6. The van der Waals surface area contributed by atoms with Crippen molar-refractivity contribution in [1.82, 2.24) is 4.98 Å². The summed E-state index contributed by atoms with van der Waals surface area (Å²) < 4.78 is 0. The van der Waals surface area contributed by atoms with Crippen LogP contribution in [0, 0.1) is 6.92 Å². The molecule has 110 valence electrons. The Bertz CT molecular complexity index is 440. The molecule has 1 atom stereocenters. The standard InChI is InChI=1S/C9H14OS.C7H10N2/c1-2-9(11-6-5-10)7-8-3-4-8;1-6-4-3-5-7(8-2)9-6/h5,7,9H,2-4,6H2,1H3;3-5H,1-2H3,(H,8,9). The minimum atomic E-state index is 0.581. The number of carbonyl (C=O) groups excluding carboxylic acids is 1. The summed E-state index contributed by atoms with van der Waals surface area (Å²) in [7, 11) is 1.86. The monoisotopic (exact) mass is 292 g/mol. The molecule has 1 aromatic rings. The Hall–Kier alpha value is -1.29. The zero-order valence-corrected chi connectivity index (χ0v) is 13.4. The van der Waals surface area contributed by atoms with Crippen LogP contribution in [0.1, 0.15) is 31.9 Å². The molecule has 2 rings (SSSR count). The summed E-state index contributed by atoms with van der Waals surface area (Å²) in [5, 5.41) is 3.54. The van der Waals surface area contributed by atoms with Gasteiger partial charge >= 0.3 is 0 Å². The van der Waals surface area contributed by atoms with Gasteiger partial charge in [-0.15, -0.1) is 11.8 Å². The van der Waals surface area contributed by atoms with Crippen LogP contribution in [0.4, 0.5) is 5.82 Å². The number of nitrogens with zero attached hydrogens (tertiary/aromatic N) is 1. The first-order chi connectivity index (χ1) is 9.69. The van der Waals surface area contributed by atoms with E-state index in [4.69, 9.17) is 0 Å². The van der Waals surface area contributed by atoms with E-state index in [1.54, 1.807) is 17.3 Å².